The van der Waals surface area contributed by atoms with Gasteiger partial charge in [0.15, 0.2) is 9.84 Å². The van der Waals surface area contributed by atoms with Crippen molar-refractivity contribution < 1.29 is 8.42 Å². The molecular weight excluding hydrogens is 270 g/mol. The smallest absolute Gasteiger partial charge is 0.178 e. The van der Waals surface area contributed by atoms with Gasteiger partial charge in [-0.1, -0.05) is 19.8 Å². The number of hydrogen-bond donors (Lipinski definition) is 1. The van der Waals surface area contributed by atoms with E-state index in [1.165, 1.54) is 25.7 Å². The van der Waals surface area contributed by atoms with Crippen LogP contribution in [0.4, 0.5) is 5.69 Å². The van der Waals surface area contributed by atoms with E-state index in [-0.39, 0.29) is 5.75 Å². The SMILES string of the molecule is CCCS(=O)(=O)c1ccc(NC(C)C2CCCC2)cc1. The van der Waals surface area contributed by atoms with Gasteiger partial charge < -0.3 is 5.32 Å². The summed E-state index contributed by atoms with van der Waals surface area (Å²) in [6.07, 6.45) is 5.94. The predicted molar refractivity (Wildman–Crippen MR) is 83.8 cm³/mol. The lowest BCUT2D eigenvalue weighted by Crippen LogP contribution is -2.23. The average molecular weight is 295 g/mol. The zero-order chi connectivity index (χ0) is 14.6. The monoisotopic (exact) mass is 295 g/mol. The van der Waals surface area contributed by atoms with Crippen LogP contribution in [0.3, 0.4) is 0 Å². The fraction of sp³-hybridized carbons (Fsp3) is 0.625. The van der Waals surface area contributed by atoms with Gasteiger partial charge in [-0.3, -0.25) is 0 Å². The summed E-state index contributed by atoms with van der Waals surface area (Å²) in [5.41, 5.74) is 1.01. The quantitative estimate of drug-likeness (QED) is 0.866. The molecule has 0 heterocycles. The van der Waals surface area contributed by atoms with Gasteiger partial charge in [0, 0.05) is 11.7 Å². The molecule has 0 saturated heterocycles. The van der Waals surface area contributed by atoms with Crippen molar-refractivity contribution in [2.24, 2.45) is 5.92 Å². The highest BCUT2D eigenvalue weighted by Crippen LogP contribution is 2.29. The molecule has 1 N–H and O–H groups in total. The maximum absolute atomic E-state index is 12.0. The van der Waals surface area contributed by atoms with Crippen molar-refractivity contribution in [2.75, 3.05) is 11.1 Å². The van der Waals surface area contributed by atoms with E-state index in [1.807, 2.05) is 19.1 Å². The summed E-state index contributed by atoms with van der Waals surface area (Å²) in [6.45, 7) is 4.11. The average Bonchev–Trinajstić information content (AvgIpc) is 2.93. The zero-order valence-corrected chi connectivity index (χ0v) is 13.2. The molecule has 0 aromatic heterocycles. The molecule has 0 radical (unpaired) electrons. The van der Waals surface area contributed by atoms with Crippen molar-refractivity contribution in [1.82, 2.24) is 0 Å². The van der Waals surface area contributed by atoms with Crippen LogP contribution in [0.5, 0.6) is 0 Å². The number of sulfone groups is 1. The first-order chi connectivity index (χ1) is 9.53. The van der Waals surface area contributed by atoms with Crippen molar-refractivity contribution in [1.29, 1.82) is 0 Å². The zero-order valence-electron chi connectivity index (χ0n) is 12.4. The second-order valence-corrected chi connectivity index (χ2v) is 7.93. The first-order valence-electron chi connectivity index (χ1n) is 7.62. The Morgan fingerprint density at radius 2 is 1.80 bits per heavy atom. The van der Waals surface area contributed by atoms with Gasteiger partial charge in [-0.2, -0.15) is 0 Å². The van der Waals surface area contributed by atoms with E-state index in [0.29, 0.717) is 17.4 Å². The van der Waals surface area contributed by atoms with E-state index in [9.17, 15) is 8.42 Å². The predicted octanol–water partition coefficient (Wildman–Crippen LogP) is 3.86. The number of hydrogen-bond acceptors (Lipinski definition) is 3. The molecule has 1 aliphatic rings. The lowest BCUT2D eigenvalue weighted by Gasteiger charge is -2.21. The molecule has 112 valence electrons. The molecular formula is C16H25NO2S. The third-order valence-electron chi connectivity index (χ3n) is 4.19. The maximum atomic E-state index is 12.0. The molecule has 20 heavy (non-hydrogen) atoms. The molecule has 1 aliphatic carbocycles. The van der Waals surface area contributed by atoms with E-state index >= 15 is 0 Å². The van der Waals surface area contributed by atoms with Crippen molar-refractivity contribution in [2.45, 2.75) is 56.9 Å². The van der Waals surface area contributed by atoms with Crippen LogP contribution >= 0.6 is 0 Å². The van der Waals surface area contributed by atoms with Crippen LogP contribution < -0.4 is 5.32 Å². The Bertz CT molecular complexity index is 516. The van der Waals surface area contributed by atoms with E-state index < -0.39 is 9.84 Å². The summed E-state index contributed by atoms with van der Waals surface area (Å²) < 4.78 is 23.9. The third kappa shape index (κ3) is 3.75. The molecule has 1 atom stereocenters. The molecule has 3 nitrogen and oxygen atoms in total. The summed E-state index contributed by atoms with van der Waals surface area (Å²) in [5, 5.41) is 3.50. The molecule has 0 amide bonds. The first kappa shape index (κ1) is 15.4. The Kier molecular flexibility index (Phi) is 5.08. The molecule has 1 unspecified atom stereocenters. The minimum atomic E-state index is -3.10. The molecule has 2 rings (SSSR count). The van der Waals surface area contributed by atoms with Gasteiger partial charge in [0.05, 0.1) is 10.6 Å². The molecule has 1 fully saturated rings. The van der Waals surface area contributed by atoms with Gasteiger partial charge in [0.2, 0.25) is 0 Å². The van der Waals surface area contributed by atoms with E-state index in [0.717, 1.165) is 11.6 Å². The van der Waals surface area contributed by atoms with Crippen molar-refractivity contribution in [3.8, 4) is 0 Å². The van der Waals surface area contributed by atoms with E-state index in [4.69, 9.17) is 0 Å². The molecule has 1 aromatic rings. The van der Waals surface area contributed by atoms with Crippen LogP contribution in [0, 0.1) is 5.92 Å². The molecule has 0 spiro atoms. The van der Waals surface area contributed by atoms with Crippen LogP contribution in [-0.2, 0) is 9.84 Å². The van der Waals surface area contributed by atoms with E-state index in [1.54, 1.807) is 12.1 Å². The lowest BCUT2D eigenvalue weighted by molar-refractivity contribution is 0.482. The minimum Gasteiger partial charge on any atom is -0.382 e. The van der Waals surface area contributed by atoms with Crippen molar-refractivity contribution >= 4 is 15.5 Å². The highest BCUT2D eigenvalue weighted by Gasteiger charge is 2.21. The Morgan fingerprint density at radius 3 is 2.35 bits per heavy atom. The highest BCUT2D eigenvalue weighted by molar-refractivity contribution is 7.91. The normalized spacial score (nSPS) is 18.1. The largest absolute Gasteiger partial charge is 0.382 e. The van der Waals surface area contributed by atoms with Crippen LogP contribution in [-0.4, -0.2) is 20.2 Å². The maximum Gasteiger partial charge on any atom is 0.178 e. The van der Waals surface area contributed by atoms with Gasteiger partial charge in [-0.15, -0.1) is 0 Å². The number of anilines is 1. The summed E-state index contributed by atoms with van der Waals surface area (Å²) in [4.78, 5) is 0.429. The minimum absolute atomic E-state index is 0.220. The molecule has 1 saturated carbocycles. The van der Waals surface area contributed by atoms with Crippen LogP contribution in [0.2, 0.25) is 0 Å². The van der Waals surface area contributed by atoms with Crippen LogP contribution in [0.1, 0.15) is 46.0 Å². The first-order valence-corrected chi connectivity index (χ1v) is 9.27. The second-order valence-electron chi connectivity index (χ2n) is 5.82. The Labute approximate surface area is 122 Å². The number of rotatable bonds is 6. The summed E-state index contributed by atoms with van der Waals surface area (Å²) >= 11 is 0. The second kappa shape index (κ2) is 6.61. The summed E-state index contributed by atoms with van der Waals surface area (Å²) in [7, 11) is -3.10. The topological polar surface area (TPSA) is 46.2 Å². The highest BCUT2D eigenvalue weighted by atomic mass is 32.2. The number of benzene rings is 1. The van der Waals surface area contributed by atoms with Crippen molar-refractivity contribution in [3.63, 3.8) is 0 Å². The Morgan fingerprint density at radius 1 is 1.20 bits per heavy atom. The lowest BCUT2D eigenvalue weighted by atomic mass is 9.99. The van der Waals surface area contributed by atoms with Crippen LogP contribution in [0.25, 0.3) is 0 Å². The fourth-order valence-electron chi connectivity index (χ4n) is 2.98. The summed E-state index contributed by atoms with van der Waals surface area (Å²) in [6, 6.07) is 7.65. The van der Waals surface area contributed by atoms with Crippen LogP contribution in [0.15, 0.2) is 29.2 Å². The molecule has 4 heteroatoms. The van der Waals surface area contributed by atoms with Gasteiger partial charge in [0.1, 0.15) is 0 Å². The molecule has 1 aromatic carbocycles. The van der Waals surface area contributed by atoms with Gasteiger partial charge in [-0.05, 0) is 56.4 Å². The fourth-order valence-corrected chi connectivity index (χ4v) is 4.31. The number of nitrogens with one attached hydrogen (secondary N) is 1. The Balaban J connectivity index is 2.01. The summed E-state index contributed by atoms with van der Waals surface area (Å²) in [5.74, 6) is 0.969. The van der Waals surface area contributed by atoms with Crippen molar-refractivity contribution in [3.05, 3.63) is 24.3 Å². The van der Waals surface area contributed by atoms with Gasteiger partial charge in [0.25, 0.3) is 0 Å². The Hall–Kier alpha value is -1.03. The van der Waals surface area contributed by atoms with Gasteiger partial charge >= 0.3 is 0 Å². The molecule has 0 aliphatic heterocycles. The van der Waals surface area contributed by atoms with Gasteiger partial charge in [-0.25, -0.2) is 8.42 Å². The molecule has 0 bridgehead atoms. The van der Waals surface area contributed by atoms with E-state index in [2.05, 4.69) is 12.2 Å². The standard InChI is InChI=1S/C16H25NO2S/c1-3-12-20(18,19)16-10-8-15(9-11-16)17-13(2)14-6-4-5-7-14/h8-11,13-14,17H,3-7,12H2,1-2H3. The third-order valence-corrected chi connectivity index (χ3v) is 6.12.